The van der Waals surface area contributed by atoms with Gasteiger partial charge in [0.25, 0.3) is 0 Å². The average Bonchev–Trinajstić information content (AvgIpc) is 2.55. The van der Waals surface area contributed by atoms with Crippen LogP contribution in [0.25, 0.3) is 0 Å². The van der Waals surface area contributed by atoms with E-state index in [1.165, 1.54) is 12.1 Å². The Morgan fingerprint density at radius 1 is 1.39 bits per heavy atom. The van der Waals surface area contributed by atoms with E-state index in [2.05, 4.69) is 5.32 Å². The minimum absolute atomic E-state index is 0. The smallest absolute Gasteiger partial charge is 0.237 e. The highest BCUT2D eigenvalue weighted by Crippen LogP contribution is 2.17. The summed E-state index contributed by atoms with van der Waals surface area (Å²) in [6.45, 7) is 3.52. The molecule has 0 aliphatic carbocycles. The summed E-state index contributed by atoms with van der Waals surface area (Å²) in [7, 11) is 0. The van der Waals surface area contributed by atoms with Crippen molar-refractivity contribution in [2.24, 2.45) is 11.7 Å². The molecular weight excluding hydrogens is 323 g/mol. The highest BCUT2D eigenvalue weighted by Gasteiger charge is 2.26. The Kier molecular flexibility index (Phi) is 8.30. The first-order valence-electron chi connectivity index (χ1n) is 7.59. The molecular formula is C16H24ClFN2O3. The fourth-order valence-corrected chi connectivity index (χ4v) is 2.44. The van der Waals surface area contributed by atoms with Gasteiger partial charge in [0.05, 0.1) is 12.6 Å². The molecule has 7 heteroatoms. The predicted octanol–water partition coefficient (Wildman–Crippen LogP) is 1.88. The van der Waals surface area contributed by atoms with Gasteiger partial charge in [0.15, 0.2) is 0 Å². The molecule has 5 nitrogen and oxygen atoms in total. The third-order valence-corrected chi connectivity index (χ3v) is 3.79. The van der Waals surface area contributed by atoms with Gasteiger partial charge >= 0.3 is 0 Å². The summed E-state index contributed by atoms with van der Waals surface area (Å²) in [6, 6.07) is 5.27. The number of nitrogens with one attached hydrogen (secondary N) is 1. The molecule has 1 aromatic carbocycles. The highest BCUT2D eigenvalue weighted by molar-refractivity contribution is 5.85. The molecule has 0 spiro atoms. The van der Waals surface area contributed by atoms with Gasteiger partial charge in [-0.05, 0) is 49.9 Å². The third kappa shape index (κ3) is 6.33. The number of carbonyl (C=O) groups excluding carboxylic acids is 1. The largest absolute Gasteiger partial charge is 0.489 e. The standard InChI is InChI=1S/C16H23FN2O3.ClH/c1-11(22-14-4-2-13(17)3-5-14)10-19-16(20)15(18)12-6-8-21-9-7-12;/h2-5,11-12,15H,6-10,18H2,1H3,(H,19,20);1H. The molecule has 1 amide bonds. The van der Waals surface area contributed by atoms with Gasteiger partial charge in [-0.25, -0.2) is 4.39 Å². The van der Waals surface area contributed by atoms with Crippen molar-refractivity contribution < 1.29 is 18.7 Å². The molecule has 23 heavy (non-hydrogen) atoms. The van der Waals surface area contributed by atoms with Crippen LogP contribution in [0, 0.1) is 11.7 Å². The number of carbonyl (C=O) groups is 1. The summed E-state index contributed by atoms with van der Waals surface area (Å²) in [5, 5.41) is 2.81. The van der Waals surface area contributed by atoms with E-state index >= 15 is 0 Å². The van der Waals surface area contributed by atoms with Crippen LogP contribution in [0.4, 0.5) is 4.39 Å². The summed E-state index contributed by atoms with van der Waals surface area (Å²) in [4.78, 5) is 12.1. The Labute approximate surface area is 142 Å². The zero-order valence-corrected chi connectivity index (χ0v) is 14.0. The van der Waals surface area contributed by atoms with Crippen LogP contribution in [0.3, 0.4) is 0 Å². The number of nitrogens with two attached hydrogens (primary N) is 1. The molecule has 130 valence electrons. The zero-order chi connectivity index (χ0) is 15.9. The van der Waals surface area contributed by atoms with Crippen LogP contribution < -0.4 is 15.8 Å². The van der Waals surface area contributed by atoms with E-state index in [0.717, 1.165) is 12.8 Å². The van der Waals surface area contributed by atoms with Crippen LogP contribution in [0.1, 0.15) is 19.8 Å². The maximum Gasteiger partial charge on any atom is 0.237 e. The topological polar surface area (TPSA) is 73.6 Å². The molecule has 2 unspecified atom stereocenters. The molecule has 3 N–H and O–H groups in total. The predicted molar refractivity (Wildman–Crippen MR) is 88.3 cm³/mol. The summed E-state index contributed by atoms with van der Waals surface area (Å²) in [5.74, 6) is 0.260. The quantitative estimate of drug-likeness (QED) is 0.825. The molecule has 0 bridgehead atoms. The van der Waals surface area contributed by atoms with Gasteiger partial charge in [-0.2, -0.15) is 0 Å². The lowest BCUT2D eigenvalue weighted by molar-refractivity contribution is -0.124. The maximum atomic E-state index is 12.8. The monoisotopic (exact) mass is 346 g/mol. The van der Waals surface area contributed by atoms with Crippen LogP contribution in [0.5, 0.6) is 5.75 Å². The lowest BCUT2D eigenvalue weighted by atomic mass is 9.92. The summed E-state index contributed by atoms with van der Waals surface area (Å²) < 4.78 is 23.7. The van der Waals surface area contributed by atoms with Gasteiger partial charge in [0.2, 0.25) is 5.91 Å². The molecule has 2 atom stereocenters. The Morgan fingerprint density at radius 2 is 2.00 bits per heavy atom. The molecule has 1 saturated heterocycles. The molecule has 0 saturated carbocycles. The number of halogens is 2. The van der Waals surface area contributed by atoms with Gasteiger partial charge in [-0.15, -0.1) is 12.4 Å². The number of hydrogen-bond acceptors (Lipinski definition) is 4. The second kappa shape index (κ2) is 9.70. The number of hydrogen-bond donors (Lipinski definition) is 2. The number of rotatable bonds is 6. The number of ether oxygens (including phenoxy) is 2. The minimum Gasteiger partial charge on any atom is -0.489 e. The van der Waals surface area contributed by atoms with E-state index in [9.17, 15) is 9.18 Å². The van der Waals surface area contributed by atoms with Gasteiger partial charge in [0.1, 0.15) is 17.7 Å². The van der Waals surface area contributed by atoms with Crippen LogP contribution in [0.15, 0.2) is 24.3 Å². The first-order valence-corrected chi connectivity index (χ1v) is 7.59. The van der Waals surface area contributed by atoms with E-state index in [-0.39, 0.29) is 36.2 Å². The number of amides is 1. The second-order valence-electron chi connectivity index (χ2n) is 5.60. The highest BCUT2D eigenvalue weighted by atomic mass is 35.5. The van der Waals surface area contributed by atoms with Crippen molar-refractivity contribution in [3.05, 3.63) is 30.1 Å². The minimum atomic E-state index is -0.512. The third-order valence-electron chi connectivity index (χ3n) is 3.79. The summed E-state index contributed by atoms with van der Waals surface area (Å²) in [5.41, 5.74) is 6.00. The van der Waals surface area contributed by atoms with Crippen molar-refractivity contribution in [3.63, 3.8) is 0 Å². The van der Waals surface area contributed by atoms with Crippen molar-refractivity contribution in [1.29, 1.82) is 0 Å². The van der Waals surface area contributed by atoms with Gasteiger partial charge in [-0.3, -0.25) is 4.79 Å². The van der Waals surface area contributed by atoms with Gasteiger partial charge < -0.3 is 20.5 Å². The van der Waals surface area contributed by atoms with Crippen molar-refractivity contribution in [2.45, 2.75) is 31.9 Å². The van der Waals surface area contributed by atoms with Crippen molar-refractivity contribution in [1.82, 2.24) is 5.32 Å². The Hall–Kier alpha value is -1.37. The van der Waals surface area contributed by atoms with E-state index in [1.54, 1.807) is 12.1 Å². The van der Waals surface area contributed by atoms with E-state index in [1.807, 2.05) is 6.92 Å². The fourth-order valence-electron chi connectivity index (χ4n) is 2.44. The molecule has 1 fully saturated rings. The zero-order valence-electron chi connectivity index (χ0n) is 13.2. The normalized spacial score (nSPS) is 17.7. The molecule has 1 heterocycles. The second-order valence-corrected chi connectivity index (χ2v) is 5.60. The van der Waals surface area contributed by atoms with Gasteiger partial charge in [-0.1, -0.05) is 0 Å². The Morgan fingerprint density at radius 3 is 2.61 bits per heavy atom. The van der Waals surface area contributed by atoms with E-state index in [0.29, 0.717) is 25.5 Å². The maximum absolute atomic E-state index is 12.8. The summed E-state index contributed by atoms with van der Waals surface area (Å²) >= 11 is 0. The van der Waals surface area contributed by atoms with Crippen molar-refractivity contribution in [2.75, 3.05) is 19.8 Å². The average molecular weight is 347 g/mol. The first kappa shape index (κ1) is 19.7. The van der Waals surface area contributed by atoms with Crippen LogP contribution in [0.2, 0.25) is 0 Å². The van der Waals surface area contributed by atoms with Crippen molar-refractivity contribution in [3.8, 4) is 5.75 Å². The first-order chi connectivity index (χ1) is 10.6. The summed E-state index contributed by atoms with van der Waals surface area (Å²) in [6.07, 6.45) is 1.41. The molecule has 0 aromatic heterocycles. The molecule has 1 aliphatic rings. The molecule has 0 radical (unpaired) electrons. The van der Waals surface area contributed by atoms with Gasteiger partial charge in [0, 0.05) is 13.2 Å². The fraction of sp³-hybridized carbons (Fsp3) is 0.562. The lowest BCUT2D eigenvalue weighted by Crippen LogP contribution is -2.48. The molecule has 1 aliphatic heterocycles. The molecule has 2 rings (SSSR count). The Bertz CT molecular complexity index is 481. The van der Waals surface area contributed by atoms with E-state index in [4.69, 9.17) is 15.2 Å². The molecule has 1 aromatic rings. The Balaban J connectivity index is 0.00000264. The van der Waals surface area contributed by atoms with E-state index < -0.39 is 6.04 Å². The van der Waals surface area contributed by atoms with Crippen LogP contribution in [-0.2, 0) is 9.53 Å². The van der Waals surface area contributed by atoms with Crippen molar-refractivity contribution >= 4 is 18.3 Å². The van der Waals surface area contributed by atoms with Crippen LogP contribution >= 0.6 is 12.4 Å². The lowest BCUT2D eigenvalue weighted by Gasteiger charge is -2.27. The SMILES string of the molecule is CC(CNC(=O)C(N)C1CCOCC1)Oc1ccc(F)cc1.Cl. The number of benzene rings is 1. The van der Waals surface area contributed by atoms with Crippen LogP contribution in [-0.4, -0.2) is 37.8 Å².